The van der Waals surface area contributed by atoms with Crippen LogP contribution in [0.3, 0.4) is 0 Å². The maximum absolute atomic E-state index is 12.8. The van der Waals surface area contributed by atoms with E-state index in [-0.39, 0.29) is 18.1 Å². The second kappa shape index (κ2) is 6.09. The predicted molar refractivity (Wildman–Crippen MR) is 70.8 cm³/mol. The van der Waals surface area contributed by atoms with E-state index in [1.54, 1.807) is 36.5 Å². The Kier molecular flexibility index (Phi) is 4.23. The Balaban J connectivity index is 1.94. The van der Waals surface area contributed by atoms with Gasteiger partial charge in [-0.1, -0.05) is 18.2 Å². The molecule has 0 radical (unpaired) electrons. The molecule has 1 heterocycles. The second-order valence-electron chi connectivity index (χ2n) is 4.41. The van der Waals surface area contributed by atoms with Crippen LogP contribution in [0.4, 0.5) is 4.39 Å². The van der Waals surface area contributed by atoms with Gasteiger partial charge in [-0.2, -0.15) is 0 Å². The van der Waals surface area contributed by atoms with E-state index < -0.39 is 0 Å². The number of likely N-dealkylation sites (N-methyl/N-ethyl adjacent to an activating group) is 1. The van der Waals surface area contributed by atoms with E-state index in [0.29, 0.717) is 6.54 Å². The minimum Gasteiger partial charge on any atom is -0.341 e. The Bertz CT molecular complexity index is 540. The third-order valence-electron chi connectivity index (χ3n) is 2.84. The first-order valence-electron chi connectivity index (χ1n) is 6.02. The lowest BCUT2D eigenvalue weighted by Gasteiger charge is -2.17. The molecule has 0 atom stereocenters. The van der Waals surface area contributed by atoms with Crippen molar-refractivity contribution in [1.29, 1.82) is 0 Å². The monoisotopic (exact) mass is 258 g/mol. The average molecular weight is 258 g/mol. The third kappa shape index (κ3) is 3.88. The summed E-state index contributed by atoms with van der Waals surface area (Å²) in [5.74, 6) is -0.296. The van der Waals surface area contributed by atoms with Gasteiger partial charge < -0.3 is 4.90 Å². The Morgan fingerprint density at radius 1 is 1.21 bits per heavy atom. The topological polar surface area (TPSA) is 33.2 Å². The highest BCUT2D eigenvalue weighted by Gasteiger charge is 2.10. The van der Waals surface area contributed by atoms with Crippen LogP contribution in [-0.4, -0.2) is 22.8 Å². The molecule has 0 saturated carbocycles. The van der Waals surface area contributed by atoms with Crippen LogP contribution >= 0.6 is 0 Å². The summed E-state index contributed by atoms with van der Waals surface area (Å²) in [7, 11) is 1.75. The molecule has 0 aliphatic rings. The molecule has 0 saturated heterocycles. The van der Waals surface area contributed by atoms with Crippen LogP contribution < -0.4 is 0 Å². The Morgan fingerprint density at radius 3 is 2.58 bits per heavy atom. The van der Waals surface area contributed by atoms with Gasteiger partial charge in [-0.15, -0.1) is 0 Å². The molecule has 98 valence electrons. The molecule has 0 aliphatic carbocycles. The summed E-state index contributed by atoms with van der Waals surface area (Å²) in [6, 6.07) is 9.76. The zero-order valence-electron chi connectivity index (χ0n) is 10.7. The molecule has 1 amide bonds. The average Bonchev–Trinajstić information content (AvgIpc) is 2.42. The maximum Gasteiger partial charge on any atom is 0.227 e. The predicted octanol–water partition coefficient (Wildman–Crippen LogP) is 2.42. The highest BCUT2D eigenvalue weighted by atomic mass is 19.1. The van der Waals surface area contributed by atoms with Crippen LogP contribution in [0.1, 0.15) is 11.1 Å². The van der Waals surface area contributed by atoms with Gasteiger partial charge in [0.1, 0.15) is 5.82 Å². The zero-order valence-corrected chi connectivity index (χ0v) is 10.7. The summed E-state index contributed by atoms with van der Waals surface area (Å²) in [5.41, 5.74) is 1.79. The first kappa shape index (κ1) is 13.2. The molecular weight excluding hydrogens is 243 g/mol. The van der Waals surface area contributed by atoms with E-state index in [0.717, 1.165) is 11.1 Å². The van der Waals surface area contributed by atoms with Gasteiger partial charge in [0.2, 0.25) is 5.91 Å². The van der Waals surface area contributed by atoms with E-state index in [2.05, 4.69) is 4.98 Å². The molecule has 0 bridgehead atoms. The summed E-state index contributed by atoms with van der Waals surface area (Å²) < 4.78 is 12.8. The SMILES string of the molecule is CN(Cc1cccnc1)C(=O)Cc1ccc(F)cc1. The van der Waals surface area contributed by atoms with Crippen molar-refractivity contribution in [3.8, 4) is 0 Å². The number of aromatic nitrogens is 1. The Hall–Kier alpha value is -2.23. The number of amides is 1. The van der Waals surface area contributed by atoms with Crippen molar-refractivity contribution < 1.29 is 9.18 Å². The molecule has 3 nitrogen and oxygen atoms in total. The minimum absolute atomic E-state index is 0.00420. The summed E-state index contributed by atoms with van der Waals surface area (Å²) in [5, 5.41) is 0. The highest BCUT2D eigenvalue weighted by molar-refractivity contribution is 5.78. The maximum atomic E-state index is 12.8. The van der Waals surface area contributed by atoms with E-state index >= 15 is 0 Å². The number of nitrogens with zero attached hydrogens (tertiary/aromatic N) is 2. The van der Waals surface area contributed by atoms with E-state index in [1.807, 2.05) is 12.1 Å². The fourth-order valence-electron chi connectivity index (χ4n) is 1.77. The number of benzene rings is 1. The molecule has 2 rings (SSSR count). The Labute approximate surface area is 111 Å². The number of halogens is 1. The molecule has 4 heteroatoms. The van der Waals surface area contributed by atoms with Crippen LogP contribution in [0.25, 0.3) is 0 Å². The fourth-order valence-corrected chi connectivity index (χ4v) is 1.77. The van der Waals surface area contributed by atoms with Gasteiger partial charge in [-0.25, -0.2) is 4.39 Å². The molecule has 1 aromatic carbocycles. The lowest BCUT2D eigenvalue weighted by Crippen LogP contribution is -2.27. The number of hydrogen-bond acceptors (Lipinski definition) is 2. The number of carbonyl (C=O) groups is 1. The number of pyridine rings is 1. The van der Waals surface area contributed by atoms with Crippen LogP contribution in [-0.2, 0) is 17.8 Å². The zero-order chi connectivity index (χ0) is 13.7. The largest absolute Gasteiger partial charge is 0.341 e. The molecule has 0 unspecified atom stereocenters. The van der Waals surface area contributed by atoms with Crippen LogP contribution in [0.15, 0.2) is 48.8 Å². The van der Waals surface area contributed by atoms with Gasteiger partial charge in [0, 0.05) is 26.0 Å². The molecule has 0 N–H and O–H groups in total. The molecule has 19 heavy (non-hydrogen) atoms. The Morgan fingerprint density at radius 2 is 1.95 bits per heavy atom. The van der Waals surface area contributed by atoms with Crippen molar-refractivity contribution >= 4 is 5.91 Å². The molecule has 2 aromatic rings. The van der Waals surface area contributed by atoms with E-state index in [4.69, 9.17) is 0 Å². The highest BCUT2D eigenvalue weighted by Crippen LogP contribution is 2.07. The number of carbonyl (C=O) groups excluding carboxylic acids is 1. The van der Waals surface area contributed by atoms with Gasteiger partial charge in [0.25, 0.3) is 0 Å². The van der Waals surface area contributed by atoms with E-state index in [1.165, 1.54) is 12.1 Å². The first-order chi connectivity index (χ1) is 9.15. The molecule has 0 fully saturated rings. The lowest BCUT2D eigenvalue weighted by atomic mass is 10.1. The summed E-state index contributed by atoms with van der Waals surface area (Å²) in [6.45, 7) is 0.522. The van der Waals surface area contributed by atoms with Crippen molar-refractivity contribution in [2.24, 2.45) is 0 Å². The molecule has 0 aliphatic heterocycles. The van der Waals surface area contributed by atoms with Gasteiger partial charge in [-0.3, -0.25) is 9.78 Å². The summed E-state index contributed by atoms with van der Waals surface area (Å²) >= 11 is 0. The molecule has 0 spiro atoms. The van der Waals surface area contributed by atoms with E-state index in [9.17, 15) is 9.18 Å². The van der Waals surface area contributed by atoms with Crippen molar-refractivity contribution in [3.05, 3.63) is 65.7 Å². The standard InChI is InChI=1S/C15H15FN2O/c1-18(11-13-3-2-8-17-10-13)15(19)9-12-4-6-14(16)7-5-12/h2-8,10H,9,11H2,1H3. The molecule has 1 aromatic heterocycles. The van der Waals surface area contributed by atoms with Gasteiger partial charge in [-0.05, 0) is 29.3 Å². The normalized spacial score (nSPS) is 10.2. The number of hydrogen-bond donors (Lipinski definition) is 0. The second-order valence-corrected chi connectivity index (χ2v) is 4.41. The van der Waals surface area contributed by atoms with Crippen LogP contribution in [0.5, 0.6) is 0 Å². The third-order valence-corrected chi connectivity index (χ3v) is 2.84. The van der Waals surface area contributed by atoms with Crippen molar-refractivity contribution in [2.45, 2.75) is 13.0 Å². The van der Waals surface area contributed by atoms with Crippen LogP contribution in [0, 0.1) is 5.82 Å². The van der Waals surface area contributed by atoms with Gasteiger partial charge in [0.15, 0.2) is 0 Å². The van der Waals surface area contributed by atoms with Gasteiger partial charge >= 0.3 is 0 Å². The minimum atomic E-state index is -0.292. The summed E-state index contributed by atoms with van der Waals surface area (Å²) in [6.07, 6.45) is 3.71. The smallest absolute Gasteiger partial charge is 0.227 e. The molecular formula is C15H15FN2O. The number of rotatable bonds is 4. The van der Waals surface area contributed by atoms with Crippen molar-refractivity contribution in [3.63, 3.8) is 0 Å². The lowest BCUT2D eigenvalue weighted by molar-refractivity contribution is -0.129. The fraction of sp³-hybridized carbons (Fsp3) is 0.200. The first-order valence-corrected chi connectivity index (χ1v) is 6.02. The van der Waals surface area contributed by atoms with Crippen LogP contribution in [0.2, 0.25) is 0 Å². The summed E-state index contributed by atoms with van der Waals surface area (Å²) in [4.78, 5) is 17.7. The van der Waals surface area contributed by atoms with Crippen molar-refractivity contribution in [2.75, 3.05) is 7.05 Å². The quantitative estimate of drug-likeness (QED) is 0.843. The van der Waals surface area contributed by atoms with Crippen molar-refractivity contribution in [1.82, 2.24) is 9.88 Å². The van der Waals surface area contributed by atoms with Gasteiger partial charge in [0.05, 0.1) is 6.42 Å².